The van der Waals surface area contributed by atoms with E-state index < -0.39 is 9.84 Å². The van der Waals surface area contributed by atoms with Crippen LogP contribution in [0.2, 0.25) is 0 Å². The molecule has 0 unspecified atom stereocenters. The highest BCUT2D eigenvalue weighted by Gasteiger charge is 2.13. The van der Waals surface area contributed by atoms with Crippen LogP contribution in [0.1, 0.15) is 32.1 Å². The van der Waals surface area contributed by atoms with E-state index in [0.29, 0.717) is 5.95 Å². The van der Waals surface area contributed by atoms with Crippen molar-refractivity contribution in [2.45, 2.75) is 37.0 Å². The minimum atomic E-state index is -3.42. The van der Waals surface area contributed by atoms with E-state index in [0.717, 1.165) is 29.4 Å². The smallest absolute Gasteiger partial charge is 0.229 e. The first-order valence-electron chi connectivity index (χ1n) is 8.88. The highest BCUT2D eigenvalue weighted by molar-refractivity contribution is 7.94. The molecule has 26 heavy (non-hydrogen) atoms. The molecule has 1 heterocycles. The maximum atomic E-state index is 11.7. The quantitative estimate of drug-likeness (QED) is 0.760. The molecule has 2 N–H and O–H groups in total. The van der Waals surface area contributed by atoms with Crippen molar-refractivity contribution in [1.29, 1.82) is 0 Å². The fourth-order valence-corrected chi connectivity index (χ4v) is 3.82. The van der Waals surface area contributed by atoms with Gasteiger partial charge in [-0.05, 0) is 49.1 Å². The summed E-state index contributed by atoms with van der Waals surface area (Å²) in [5.74, 6) is 1.98. The van der Waals surface area contributed by atoms with Crippen molar-refractivity contribution in [2.75, 3.05) is 17.2 Å². The van der Waals surface area contributed by atoms with Crippen molar-refractivity contribution in [3.05, 3.63) is 48.5 Å². The average molecular weight is 372 g/mol. The van der Waals surface area contributed by atoms with Gasteiger partial charge in [0.15, 0.2) is 9.84 Å². The lowest BCUT2D eigenvalue weighted by Gasteiger charge is -2.22. The van der Waals surface area contributed by atoms with Crippen LogP contribution in [0.5, 0.6) is 0 Å². The van der Waals surface area contributed by atoms with Gasteiger partial charge in [-0.2, -0.15) is 4.98 Å². The Hall–Kier alpha value is -2.41. The van der Waals surface area contributed by atoms with Gasteiger partial charge in [0.25, 0.3) is 0 Å². The molecule has 3 rings (SSSR count). The highest BCUT2D eigenvalue weighted by Crippen LogP contribution is 2.24. The van der Waals surface area contributed by atoms with Gasteiger partial charge in [-0.25, -0.2) is 13.4 Å². The molecule has 1 aliphatic carbocycles. The molecule has 0 aliphatic heterocycles. The van der Waals surface area contributed by atoms with Gasteiger partial charge in [-0.1, -0.05) is 25.8 Å². The third-order valence-corrected chi connectivity index (χ3v) is 5.98. The molecule has 0 saturated heterocycles. The van der Waals surface area contributed by atoms with Crippen molar-refractivity contribution >= 4 is 27.3 Å². The van der Waals surface area contributed by atoms with Gasteiger partial charge >= 0.3 is 0 Å². The lowest BCUT2D eigenvalue weighted by Crippen LogP contribution is -2.17. The SMILES string of the molecule is C=CS(=O)(=O)c1ccc(Nc2nccc(NCC3CCCCC3)n2)cc1. The Morgan fingerprint density at radius 3 is 2.54 bits per heavy atom. The number of nitrogens with zero attached hydrogens (tertiary/aromatic N) is 2. The summed E-state index contributed by atoms with van der Waals surface area (Å²) < 4.78 is 23.5. The maximum absolute atomic E-state index is 11.7. The number of hydrogen-bond acceptors (Lipinski definition) is 6. The van der Waals surface area contributed by atoms with Crippen LogP contribution < -0.4 is 10.6 Å². The van der Waals surface area contributed by atoms with E-state index in [-0.39, 0.29) is 4.90 Å². The standard InChI is InChI=1S/C19H24N4O2S/c1-2-26(24,25)17-10-8-16(9-11-17)22-19-20-13-12-18(23-19)21-14-15-6-4-3-5-7-15/h2,8-13,15H,1,3-7,14H2,(H2,20,21,22,23). The summed E-state index contributed by atoms with van der Waals surface area (Å²) in [5, 5.41) is 7.44. The van der Waals surface area contributed by atoms with Gasteiger partial charge in [0, 0.05) is 23.8 Å². The van der Waals surface area contributed by atoms with Crippen LogP contribution in [0.25, 0.3) is 0 Å². The molecule has 0 amide bonds. The van der Waals surface area contributed by atoms with Crippen LogP contribution in [0.3, 0.4) is 0 Å². The predicted octanol–water partition coefficient (Wildman–Crippen LogP) is 4.13. The molecule has 6 nitrogen and oxygen atoms in total. The van der Waals surface area contributed by atoms with E-state index >= 15 is 0 Å². The Bertz CT molecular complexity index is 844. The summed E-state index contributed by atoms with van der Waals surface area (Å²) >= 11 is 0. The van der Waals surface area contributed by atoms with Gasteiger partial charge in [-0.15, -0.1) is 0 Å². The van der Waals surface area contributed by atoms with Crippen molar-refractivity contribution in [1.82, 2.24) is 9.97 Å². The number of aromatic nitrogens is 2. The van der Waals surface area contributed by atoms with E-state index in [9.17, 15) is 8.42 Å². The minimum absolute atomic E-state index is 0.210. The number of rotatable bonds is 7. The second-order valence-electron chi connectivity index (χ2n) is 6.51. The van der Waals surface area contributed by atoms with Gasteiger partial charge in [0.1, 0.15) is 5.82 Å². The molecule has 2 aromatic rings. The van der Waals surface area contributed by atoms with Crippen LogP contribution in [0.4, 0.5) is 17.5 Å². The maximum Gasteiger partial charge on any atom is 0.229 e. The summed E-state index contributed by atoms with van der Waals surface area (Å²) in [6, 6.07) is 8.28. The van der Waals surface area contributed by atoms with Crippen LogP contribution in [-0.4, -0.2) is 24.9 Å². The summed E-state index contributed by atoms with van der Waals surface area (Å²) in [5.41, 5.74) is 0.720. The molecule has 7 heteroatoms. The average Bonchev–Trinajstić information content (AvgIpc) is 2.68. The predicted molar refractivity (Wildman–Crippen MR) is 104 cm³/mol. The Morgan fingerprint density at radius 2 is 1.85 bits per heavy atom. The molecular weight excluding hydrogens is 348 g/mol. The van der Waals surface area contributed by atoms with E-state index in [1.54, 1.807) is 18.3 Å². The molecule has 0 spiro atoms. The largest absolute Gasteiger partial charge is 0.370 e. The first kappa shape index (κ1) is 18.4. The number of sulfone groups is 1. The van der Waals surface area contributed by atoms with Crippen molar-refractivity contribution in [2.24, 2.45) is 5.92 Å². The van der Waals surface area contributed by atoms with E-state index in [1.807, 2.05) is 6.07 Å². The summed E-state index contributed by atoms with van der Waals surface area (Å²) in [6.07, 6.45) is 8.26. The van der Waals surface area contributed by atoms with E-state index in [2.05, 4.69) is 27.2 Å². The number of hydrogen-bond donors (Lipinski definition) is 2. The second-order valence-corrected chi connectivity index (χ2v) is 8.41. The number of anilines is 3. The molecule has 138 valence electrons. The molecule has 0 radical (unpaired) electrons. The second kappa shape index (κ2) is 8.31. The molecule has 1 aliphatic rings. The molecule has 1 aromatic heterocycles. The van der Waals surface area contributed by atoms with Crippen LogP contribution in [0, 0.1) is 5.92 Å². The lowest BCUT2D eigenvalue weighted by atomic mass is 9.89. The van der Waals surface area contributed by atoms with Crippen molar-refractivity contribution < 1.29 is 8.42 Å². The van der Waals surface area contributed by atoms with Crippen molar-refractivity contribution in [3.8, 4) is 0 Å². The summed E-state index contributed by atoms with van der Waals surface area (Å²) in [4.78, 5) is 8.90. The van der Waals surface area contributed by atoms with Crippen LogP contribution >= 0.6 is 0 Å². The van der Waals surface area contributed by atoms with Crippen molar-refractivity contribution in [3.63, 3.8) is 0 Å². The molecule has 0 atom stereocenters. The van der Waals surface area contributed by atoms with Gasteiger partial charge in [0.2, 0.25) is 5.95 Å². The zero-order chi connectivity index (χ0) is 18.4. The Balaban J connectivity index is 1.62. The normalized spacial score (nSPS) is 15.4. The van der Waals surface area contributed by atoms with E-state index in [4.69, 9.17) is 0 Å². The molecule has 0 bridgehead atoms. The monoisotopic (exact) mass is 372 g/mol. The van der Waals surface area contributed by atoms with Gasteiger partial charge in [-0.3, -0.25) is 0 Å². The lowest BCUT2D eigenvalue weighted by molar-refractivity contribution is 0.373. The summed E-state index contributed by atoms with van der Waals surface area (Å²) in [6.45, 7) is 4.26. The topological polar surface area (TPSA) is 84.0 Å². The molecule has 1 aromatic carbocycles. The Kier molecular flexibility index (Phi) is 5.88. The zero-order valence-electron chi connectivity index (χ0n) is 14.7. The first-order chi connectivity index (χ1) is 12.6. The Labute approximate surface area is 154 Å². The van der Waals surface area contributed by atoms with Crippen LogP contribution in [-0.2, 0) is 9.84 Å². The fraction of sp³-hybridized carbons (Fsp3) is 0.368. The highest BCUT2D eigenvalue weighted by atomic mass is 32.2. The first-order valence-corrected chi connectivity index (χ1v) is 10.4. The summed E-state index contributed by atoms with van der Waals surface area (Å²) in [7, 11) is -3.42. The third kappa shape index (κ3) is 4.82. The van der Waals surface area contributed by atoms with Crippen LogP contribution in [0.15, 0.2) is 53.4 Å². The van der Waals surface area contributed by atoms with Gasteiger partial charge < -0.3 is 10.6 Å². The molecule has 1 saturated carbocycles. The molecule has 1 fully saturated rings. The van der Waals surface area contributed by atoms with Gasteiger partial charge in [0.05, 0.1) is 4.90 Å². The number of benzene rings is 1. The molecular formula is C19H24N4O2S. The third-order valence-electron chi connectivity index (χ3n) is 4.61. The minimum Gasteiger partial charge on any atom is -0.370 e. The number of nitrogens with one attached hydrogen (secondary N) is 2. The zero-order valence-corrected chi connectivity index (χ0v) is 15.5. The Morgan fingerprint density at radius 1 is 1.12 bits per heavy atom. The fourth-order valence-electron chi connectivity index (χ4n) is 3.11. The van der Waals surface area contributed by atoms with E-state index in [1.165, 1.54) is 44.2 Å².